The number of carbonyl (C=O) groups excluding carboxylic acids is 1. The van der Waals surface area contributed by atoms with Gasteiger partial charge in [0.05, 0.1) is 17.4 Å². The summed E-state index contributed by atoms with van der Waals surface area (Å²) < 4.78 is 1.53. The molecular weight excluding hydrogens is 256 g/mol. The van der Waals surface area contributed by atoms with Crippen molar-refractivity contribution >= 4 is 11.6 Å². The minimum Gasteiger partial charge on any atom is -0.323 e. The zero-order chi connectivity index (χ0) is 13.9. The molecule has 0 bridgehead atoms. The van der Waals surface area contributed by atoms with E-state index in [9.17, 15) is 4.79 Å². The van der Waals surface area contributed by atoms with Crippen molar-refractivity contribution in [3.8, 4) is 5.69 Å². The van der Waals surface area contributed by atoms with Gasteiger partial charge < -0.3 is 10.6 Å². The fraction of sp³-hybridized carbons (Fsp3) is 0.385. The lowest BCUT2D eigenvalue weighted by Crippen LogP contribution is -2.39. The number of para-hydroxylation sites is 2. The monoisotopic (exact) mass is 272 g/mol. The number of nitrogens with zero attached hydrogens (tertiary/aromatic N) is 4. The Kier molecular flexibility index (Phi) is 3.42. The summed E-state index contributed by atoms with van der Waals surface area (Å²) in [6.07, 6.45) is 2.52. The van der Waals surface area contributed by atoms with Gasteiger partial charge in [0.1, 0.15) is 6.33 Å². The highest BCUT2D eigenvalue weighted by Crippen LogP contribution is 2.21. The van der Waals surface area contributed by atoms with Crippen LogP contribution in [0.4, 0.5) is 5.69 Å². The molecule has 2 N–H and O–H groups in total. The second-order valence-corrected chi connectivity index (χ2v) is 4.96. The molecule has 0 spiro atoms. The van der Waals surface area contributed by atoms with Gasteiger partial charge in [-0.15, -0.1) is 5.10 Å². The molecular formula is C13H16N6O. The number of nitrogens with one attached hydrogen (secondary N) is 2. The number of hydrogen-bond donors (Lipinski definition) is 2. The number of benzene rings is 1. The second-order valence-electron chi connectivity index (χ2n) is 4.96. The second kappa shape index (κ2) is 5.38. The van der Waals surface area contributed by atoms with Gasteiger partial charge in [-0.3, -0.25) is 4.79 Å². The Morgan fingerprint density at radius 2 is 2.30 bits per heavy atom. The molecule has 104 valence electrons. The maximum Gasteiger partial charge on any atom is 0.241 e. The molecule has 7 nitrogen and oxygen atoms in total. The van der Waals surface area contributed by atoms with E-state index in [0.29, 0.717) is 11.6 Å². The van der Waals surface area contributed by atoms with E-state index in [1.165, 1.54) is 11.0 Å². The van der Waals surface area contributed by atoms with E-state index in [-0.39, 0.29) is 11.9 Å². The van der Waals surface area contributed by atoms with E-state index >= 15 is 0 Å². The highest BCUT2D eigenvalue weighted by Gasteiger charge is 2.29. The van der Waals surface area contributed by atoms with Crippen LogP contribution in [0.2, 0.25) is 0 Å². The first-order chi connectivity index (χ1) is 9.75. The molecule has 1 aliphatic heterocycles. The normalized spacial score (nSPS) is 21.9. The predicted octanol–water partition coefficient (Wildman–Crippen LogP) is 0.599. The first kappa shape index (κ1) is 12.7. The van der Waals surface area contributed by atoms with Crippen LogP contribution in [0.3, 0.4) is 0 Å². The standard InChI is InChI=1S/C13H16N6O/c1-9-6-7-14-12(9)13(20)16-10-4-2-3-5-11(10)19-8-15-17-18-19/h2-5,8-9,12,14H,6-7H2,1H3,(H,16,20). The van der Waals surface area contributed by atoms with Gasteiger partial charge in [0.25, 0.3) is 0 Å². The number of hydrogen-bond acceptors (Lipinski definition) is 5. The summed E-state index contributed by atoms with van der Waals surface area (Å²) in [7, 11) is 0. The summed E-state index contributed by atoms with van der Waals surface area (Å²) in [6.45, 7) is 2.96. The Balaban J connectivity index is 1.83. The van der Waals surface area contributed by atoms with Crippen LogP contribution in [-0.4, -0.2) is 38.7 Å². The molecule has 0 aliphatic carbocycles. The molecule has 0 saturated carbocycles. The molecule has 2 aromatic rings. The molecule has 7 heteroatoms. The molecule has 1 fully saturated rings. The van der Waals surface area contributed by atoms with E-state index in [2.05, 4.69) is 33.1 Å². The molecule has 1 amide bonds. The molecule has 1 aromatic heterocycles. The van der Waals surface area contributed by atoms with Gasteiger partial charge in [0.2, 0.25) is 5.91 Å². The summed E-state index contributed by atoms with van der Waals surface area (Å²) in [5, 5.41) is 17.3. The number of aromatic nitrogens is 4. The summed E-state index contributed by atoms with van der Waals surface area (Å²) >= 11 is 0. The summed E-state index contributed by atoms with van der Waals surface area (Å²) in [5.74, 6) is 0.325. The van der Waals surface area contributed by atoms with Gasteiger partial charge in [-0.2, -0.15) is 4.68 Å². The van der Waals surface area contributed by atoms with Crippen molar-refractivity contribution in [1.82, 2.24) is 25.5 Å². The van der Waals surface area contributed by atoms with Crippen LogP contribution in [0.15, 0.2) is 30.6 Å². The van der Waals surface area contributed by atoms with Crippen LogP contribution in [0.1, 0.15) is 13.3 Å². The van der Waals surface area contributed by atoms with E-state index < -0.39 is 0 Å². The van der Waals surface area contributed by atoms with Crippen molar-refractivity contribution in [2.45, 2.75) is 19.4 Å². The molecule has 1 aromatic carbocycles. The maximum absolute atomic E-state index is 12.3. The van der Waals surface area contributed by atoms with E-state index in [1.54, 1.807) is 0 Å². The van der Waals surface area contributed by atoms with Crippen molar-refractivity contribution < 1.29 is 4.79 Å². The molecule has 3 rings (SSSR count). The van der Waals surface area contributed by atoms with Crippen LogP contribution in [-0.2, 0) is 4.79 Å². The topological polar surface area (TPSA) is 84.7 Å². The maximum atomic E-state index is 12.3. The van der Waals surface area contributed by atoms with Crippen molar-refractivity contribution in [3.63, 3.8) is 0 Å². The first-order valence-corrected chi connectivity index (χ1v) is 6.62. The molecule has 20 heavy (non-hydrogen) atoms. The number of anilines is 1. The average Bonchev–Trinajstić information content (AvgIpc) is 3.10. The van der Waals surface area contributed by atoms with E-state index in [4.69, 9.17) is 0 Å². The highest BCUT2D eigenvalue weighted by molar-refractivity contribution is 5.96. The minimum atomic E-state index is -0.142. The fourth-order valence-corrected chi connectivity index (χ4v) is 2.45. The lowest BCUT2D eigenvalue weighted by atomic mass is 10.0. The number of rotatable bonds is 3. The summed E-state index contributed by atoms with van der Waals surface area (Å²) in [4.78, 5) is 12.3. The van der Waals surface area contributed by atoms with Crippen molar-refractivity contribution in [2.75, 3.05) is 11.9 Å². The zero-order valence-electron chi connectivity index (χ0n) is 11.2. The van der Waals surface area contributed by atoms with Crippen LogP contribution >= 0.6 is 0 Å². The Morgan fingerprint density at radius 1 is 1.45 bits per heavy atom. The van der Waals surface area contributed by atoms with Gasteiger partial charge in [0.15, 0.2) is 0 Å². The quantitative estimate of drug-likeness (QED) is 0.854. The van der Waals surface area contributed by atoms with Crippen molar-refractivity contribution in [3.05, 3.63) is 30.6 Å². The Bertz CT molecular complexity index is 597. The van der Waals surface area contributed by atoms with Crippen LogP contribution in [0, 0.1) is 5.92 Å². The smallest absolute Gasteiger partial charge is 0.241 e. The average molecular weight is 272 g/mol. The van der Waals surface area contributed by atoms with Gasteiger partial charge in [-0.25, -0.2) is 0 Å². The lowest BCUT2D eigenvalue weighted by molar-refractivity contribution is -0.118. The van der Waals surface area contributed by atoms with E-state index in [1.807, 2.05) is 24.3 Å². The largest absolute Gasteiger partial charge is 0.323 e. The minimum absolute atomic E-state index is 0.0180. The SMILES string of the molecule is CC1CCNC1C(=O)Nc1ccccc1-n1cnnn1. The van der Waals surface area contributed by atoms with Crippen LogP contribution in [0.25, 0.3) is 5.69 Å². The third kappa shape index (κ3) is 2.39. The molecule has 2 heterocycles. The van der Waals surface area contributed by atoms with Crippen LogP contribution in [0.5, 0.6) is 0 Å². The molecule has 0 radical (unpaired) electrons. The van der Waals surface area contributed by atoms with Gasteiger partial charge in [0, 0.05) is 0 Å². The Labute approximate surface area is 116 Å². The van der Waals surface area contributed by atoms with Crippen molar-refractivity contribution in [1.29, 1.82) is 0 Å². The fourth-order valence-electron chi connectivity index (χ4n) is 2.45. The lowest BCUT2D eigenvalue weighted by Gasteiger charge is -2.17. The van der Waals surface area contributed by atoms with Gasteiger partial charge in [-0.1, -0.05) is 19.1 Å². The first-order valence-electron chi connectivity index (χ1n) is 6.62. The molecule has 2 unspecified atom stereocenters. The summed E-state index contributed by atoms with van der Waals surface area (Å²) in [5.41, 5.74) is 1.45. The number of tetrazole rings is 1. The number of amides is 1. The third-order valence-electron chi connectivity index (χ3n) is 3.57. The predicted molar refractivity (Wildman–Crippen MR) is 73.4 cm³/mol. The van der Waals surface area contributed by atoms with Crippen molar-refractivity contribution in [2.24, 2.45) is 5.92 Å². The Morgan fingerprint density at radius 3 is 3.00 bits per heavy atom. The van der Waals surface area contributed by atoms with Gasteiger partial charge >= 0.3 is 0 Å². The van der Waals surface area contributed by atoms with Crippen LogP contribution < -0.4 is 10.6 Å². The molecule has 1 aliphatic rings. The summed E-state index contributed by atoms with van der Waals surface area (Å²) in [6, 6.07) is 7.31. The van der Waals surface area contributed by atoms with Gasteiger partial charge in [-0.05, 0) is 41.4 Å². The molecule has 1 saturated heterocycles. The zero-order valence-corrected chi connectivity index (χ0v) is 11.2. The third-order valence-corrected chi connectivity index (χ3v) is 3.57. The highest BCUT2D eigenvalue weighted by atomic mass is 16.2. The van der Waals surface area contributed by atoms with E-state index in [0.717, 1.165) is 18.7 Å². The Hall–Kier alpha value is -2.28. The number of carbonyl (C=O) groups is 1. The molecule has 2 atom stereocenters.